The number of hydrogen-bond acceptors (Lipinski definition) is 4. The van der Waals surface area contributed by atoms with Crippen LogP contribution in [0.2, 0.25) is 0 Å². The Morgan fingerprint density at radius 2 is 2.10 bits per heavy atom. The Balaban J connectivity index is 2.08. The van der Waals surface area contributed by atoms with E-state index in [1.54, 1.807) is 12.1 Å². The summed E-state index contributed by atoms with van der Waals surface area (Å²) in [4.78, 5) is 19.6. The number of aromatic amines is 1. The lowest BCUT2D eigenvalue weighted by Crippen LogP contribution is -2.36. The molecule has 1 aromatic carbocycles. The lowest BCUT2D eigenvalue weighted by molar-refractivity contribution is 0.112. The van der Waals surface area contributed by atoms with Crippen LogP contribution in [0.5, 0.6) is 0 Å². The minimum absolute atomic E-state index is 0.285. The van der Waals surface area contributed by atoms with E-state index >= 15 is 0 Å². The normalized spacial score (nSPS) is 16.1. The number of rotatable bonds is 3. The van der Waals surface area contributed by atoms with E-state index in [0.717, 1.165) is 5.69 Å². The maximum absolute atomic E-state index is 12.7. The first-order valence-electron chi connectivity index (χ1n) is 6.28. The van der Waals surface area contributed by atoms with Crippen LogP contribution in [0.1, 0.15) is 22.6 Å². The number of morpholine rings is 1. The molecule has 0 aliphatic carbocycles. The Kier molecular flexibility index (Phi) is 3.35. The van der Waals surface area contributed by atoms with Crippen LogP contribution in [-0.4, -0.2) is 42.6 Å². The zero-order chi connectivity index (χ0) is 14.1. The summed E-state index contributed by atoms with van der Waals surface area (Å²) >= 11 is 0. The van der Waals surface area contributed by atoms with Gasteiger partial charge in [0.15, 0.2) is 12.1 Å². The predicted molar refractivity (Wildman–Crippen MR) is 69.5 cm³/mol. The number of nitrogens with zero attached hydrogens (tertiary/aromatic N) is 2. The highest BCUT2D eigenvalue weighted by Crippen LogP contribution is 2.27. The number of halogens is 2. The van der Waals surface area contributed by atoms with E-state index in [1.165, 1.54) is 0 Å². The largest absolute Gasteiger partial charge is 0.378 e. The molecule has 1 aliphatic rings. The van der Waals surface area contributed by atoms with Crippen LogP contribution in [0.4, 0.5) is 14.5 Å². The van der Waals surface area contributed by atoms with E-state index in [4.69, 9.17) is 4.74 Å². The number of anilines is 1. The first-order chi connectivity index (χ1) is 9.69. The highest BCUT2D eigenvalue weighted by atomic mass is 19.3. The van der Waals surface area contributed by atoms with Gasteiger partial charge in [-0.25, -0.2) is 13.8 Å². The van der Waals surface area contributed by atoms with Gasteiger partial charge in [0.05, 0.1) is 24.2 Å². The molecule has 20 heavy (non-hydrogen) atoms. The third-order valence-electron chi connectivity index (χ3n) is 3.33. The second kappa shape index (κ2) is 5.16. The number of nitrogens with one attached hydrogen (secondary N) is 1. The average molecular weight is 281 g/mol. The van der Waals surface area contributed by atoms with Gasteiger partial charge >= 0.3 is 0 Å². The van der Waals surface area contributed by atoms with Crippen LogP contribution in [-0.2, 0) is 4.74 Å². The number of carbonyl (C=O) groups is 1. The van der Waals surface area contributed by atoms with E-state index in [0.29, 0.717) is 43.7 Å². The van der Waals surface area contributed by atoms with Gasteiger partial charge in [-0.15, -0.1) is 0 Å². The molecule has 1 aliphatic heterocycles. The molecule has 1 aromatic heterocycles. The van der Waals surface area contributed by atoms with Gasteiger partial charge in [-0.1, -0.05) is 0 Å². The Bertz CT molecular complexity index is 636. The van der Waals surface area contributed by atoms with Crippen LogP contribution in [0.25, 0.3) is 11.0 Å². The Morgan fingerprint density at radius 1 is 1.35 bits per heavy atom. The molecule has 3 rings (SSSR count). The van der Waals surface area contributed by atoms with Crippen LogP contribution in [0, 0.1) is 0 Å². The van der Waals surface area contributed by atoms with Crippen molar-refractivity contribution in [3.05, 3.63) is 23.5 Å². The fourth-order valence-electron chi connectivity index (χ4n) is 2.34. The second-order valence-corrected chi connectivity index (χ2v) is 4.57. The Hall–Kier alpha value is -2.02. The number of aldehydes is 1. The van der Waals surface area contributed by atoms with Crippen molar-refractivity contribution in [1.82, 2.24) is 9.97 Å². The molecule has 1 saturated heterocycles. The summed E-state index contributed by atoms with van der Waals surface area (Å²) in [6.07, 6.45) is -2.05. The molecule has 0 atom stereocenters. The lowest BCUT2D eigenvalue weighted by atomic mass is 10.1. The van der Waals surface area contributed by atoms with Gasteiger partial charge in [-0.05, 0) is 12.1 Å². The summed E-state index contributed by atoms with van der Waals surface area (Å²) in [6.45, 7) is 2.64. The first kappa shape index (κ1) is 13.0. The fraction of sp³-hybridized carbons (Fsp3) is 0.385. The smallest absolute Gasteiger partial charge is 0.295 e. The third-order valence-corrected chi connectivity index (χ3v) is 3.33. The zero-order valence-corrected chi connectivity index (χ0v) is 10.6. The molecule has 5 nitrogen and oxygen atoms in total. The van der Waals surface area contributed by atoms with E-state index in [1.807, 2.05) is 0 Å². The molecule has 0 amide bonds. The number of ether oxygens (including phenoxy) is 1. The number of H-pyrrole nitrogens is 1. The number of hydrogen-bond donors (Lipinski definition) is 1. The van der Waals surface area contributed by atoms with Crippen molar-refractivity contribution in [2.24, 2.45) is 0 Å². The quantitative estimate of drug-likeness (QED) is 0.876. The summed E-state index contributed by atoms with van der Waals surface area (Å²) in [5.41, 5.74) is 1.86. The minimum atomic E-state index is -2.69. The molecule has 0 unspecified atom stereocenters. The van der Waals surface area contributed by atoms with Crippen LogP contribution < -0.4 is 4.90 Å². The van der Waals surface area contributed by atoms with Crippen molar-refractivity contribution in [2.45, 2.75) is 6.43 Å². The van der Waals surface area contributed by atoms with Crippen LogP contribution in [0.15, 0.2) is 12.1 Å². The Morgan fingerprint density at radius 3 is 2.75 bits per heavy atom. The number of benzene rings is 1. The summed E-state index contributed by atoms with van der Waals surface area (Å²) in [7, 11) is 0. The maximum atomic E-state index is 12.7. The molecule has 0 radical (unpaired) electrons. The molecule has 2 aromatic rings. The molecular formula is C13H13F2N3O2. The summed E-state index contributed by atoms with van der Waals surface area (Å²) < 4.78 is 30.6. The maximum Gasteiger partial charge on any atom is 0.295 e. The fourth-order valence-corrected chi connectivity index (χ4v) is 2.34. The van der Waals surface area contributed by atoms with Gasteiger partial charge in [-0.2, -0.15) is 0 Å². The number of imidazole rings is 1. The van der Waals surface area contributed by atoms with Crippen molar-refractivity contribution in [1.29, 1.82) is 0 Å². The van der Waals surface area contributed by atoms with Crippen molar-refractivity contribution in [3.63, 3.8) is 0 Å². The van der Waals surface area contributed by atoms with Crippen molar-refractivity contribution >= 4 is 23.0 Å². The topological polar surface area (TPSA) is 58.2 Å². The highest BCUT2D eigenvalue weighted by molar-refractivity contribution is 5.96. The molecule has 2 heterocycles. The molecule has 106 valence electrons. The molecule has 0 saturated carbocycles. The summed E-state index contributed by atoms with van der Waals surface area (Å²) in [6, 6.07) is 3.42. The van der Waals surface area contributed by atoms with Crippen molar-refractivity contribution in [2.75, 3.05) is 31.2 Å². The van der Waals surface area contributed by atoms with Gasteiger partial charge in [0.25, 0.3) is 6.43 Å². The monoisotopic (exact) mass is 281 g/mol. The molecule has 7 heteroatoms. The Labute approximate surface area is 113 Å². The van der Waals surface area contributed by atoms with Crippen molar-refractivity contribution < 1.29 is 18.3 Å². The van der Waals surface area contributed by atoms with E-state index < -0.39 is 12.2 Å². The van der Waals surface area contributed by atoms with Crippen LogP contribution in [0.3, 0.4) is 0 Å². The summed E-state index contributed by atoms with van der Waals surface area (Å²) in [5, 5.41) is 0. The summed E-state index contributed by atoms with van der Waals surface area (Å²) in [5.74, 6) is -0.415. The number of fused-ring (bicyclic) bond motifs is 1. The minimum Gasteiger partial charge on any atom is -0.378 e. The third kappa shape index (κ3) is 2.24. The lowest BCUT2D eigenvalue weighted by Gasteiger charge is -2.29. The predicted octanol–water partition coefficient (Wildman–Crippen LogP) is 2.15. The van der Waals surface area contributed by atoms with E-state index in [-0.39, 0.29) is 5.52 Å². The molecular weight excluding hydrogens is 268 g/mol. The standard InChI is InChI=1S/C13H13F2N3O2/c14-12(15)13-16-10-6-9(18-1-3-20-4-2-18)5-8(7-19)11(10)17-13/h5-7,12H,1-4H2,(H,16,17). The van der Waals surface area contributed by atoms with Crippen LogP contribution >= 0.6 is 0 Å². The molecule has 1 fully saturated rings. The molecule has 0 bridgehead atoms. The van der Waals surface area contributed by atoms with Gasteiger partial charge in [0, 0.05) is 24.3 Å². The number of alkyl halides is 2. The zero-order valence-electron chi connectivity index (χ0n) is 10.6. The van der Waals surface area contributed by atoms with Gasteiger partial charge in [0.1, 0.15) is 0 Å². The molecule has 1 N–H and O–H groups in total. The van der Waals surface area contributed by atoms with E-state index in [2.05, 4.69) is 14.9 Å². The number of aromatic nitrogens is 2. The van der Waals surface area contributed by atoms with E-state index in [9.17, 15) is 13.6 Å². The SMILES string of the molecule is O=Cc1cc(N2CCOCC2)cc2[nH]c(C(F)F)nc12. The van der Waals surface area contributed by atoms with Crippen molar-refractivity contribution in [3.8, 4) is 0 Å². The first-order valence-corrected chi connectivity index (χ1v) is 6.28. The second-order valence-electron chi connectivity index (χ2n) is 4.57. The van der Waals surface area contributed by atoms with Gasteiger partial charge in [0.2, 0.25) is 0 Å². The average Bonchev–Trinajstić information content (AvgIpc) is 2.91. The van der Waals surface area contributed by atoms with Gasteiger partial charge < -0.3 is 14.6 Å². The van der Waals surface area contributed by atoms with Gasteiger partial charge in [-0.3, -0.25) is 4.79 Å². The number of carbonyl (C=O) groups excluding carboxylic acids is 1. The molecule has 0 spiro atoms. The highest BCUT2D eigenvalue weighted by Gasteiger charge is 2.18.